The normalized spacial score (nSPS) is 17.2. The number of carbonyl (C=O) groups excluding carboxylic acids is 1. The second kappa shape index (κ2) is 10.2. The molecule has 0 unspecified atom stereocenters. The number of amides is 1. The monoisotopic (exact) mass is 418 g/mol. The molecule has 0 bridgehead atoms. The summed E-state index contributed by atoms with van der Waals surface area (Å²) < 4.78 is 11.0. The fourth-order valence-electron chi connectivity index (χ4n) is 3.52. The highest BCUT2D eigenvalue weighted by Crippen LogP contribution is 2.34. The highest BCUT2D eigenvalue weighted by Gasteiger charge is 2.34. The van der Waals surface area contributed by atoms with E-state index in [-0.39, 0.29) is 5.41 Å². The summed E-state index contributed by atoms with van der Waals surface area (Å²) in [4.78, 5) is 16.5. The number of guanidine groups is 1. The smallest absolute Gasteiger partial charge is 0.408 e. The van der Waals surface area contributed by atoms with Crippen molar-refractivity contribution in [2.24, 2.45) is 4.99 Å². The van der Waals surface area contributed by atoms with Gasteiger partial charge in [0.05, 0.1) is 5.54 Å². The van der Waals surface area contributed by atoms with E-state index in [0.717, 1.165) is 32.6 Å². The lowest BCUT2D eigenvalue weighted by Gasteiger charge is -2.38. The van der Waals surface area contributed by atoms with Gasteiger partial charge in [-0.25, -0.2) is 4.79 Å². The van der Waals surface area contributed by atoms with Crippen molar-refractivity contribution in [1.29, 1.82) is 0 Å². The van der Waals surface area contributed by atoms with E-state index in [1.165, 1.54) is 5.56 Å². The first-order valence-electron chi connectivity index (χ1n) is 10.6. The highest BCUT2D eigenvalue weighted by atomic mass is 16.6. The van der Waals surface area contributed by atoms with E-state index in [4.69, 9.17) is 9.47 Å². The van der Waals surface area contributed by atoms with Crippen LogP contribution in [0, 0.1) is 0 Å². The first-order valence-corrected chi connectivity index (χ1v) is 10.6. The summed E-state index contributed by atoms with van der Waals surface area (Å²) in [6, 6.07) is 10.6. The Hall–Kier alpha value is -2.28. The van der Waals surface area contributed by atoms with Crippen molar-refractivity contribution in [1.82, 2.24) is 16.0 Å². The van der Waals surface area contributed by atoms with E-state index >= 15 is 0 Å². The molecule has 0 radical (unpaired) electrons. The summed E-state index contributed by atoms with van der Waals surface area (Å²) in [6.07, 6.45) is 1.50. The quantitative estimate of drug-likeness (QED) is 0.488. The van der Waals surface area contributed by atoms with Crippen LogP contribution in [0.25, 0.3) is 0 Å². The van der Waals surface area contributed by atoms with Gasteiger partial charge in [-0.3, -0.25) is 4.99 Å². The molecule has 30 heavy (non-hydrogen) atoms. The molecule has 1 aliphatic heterocycles. The molecule has 1 saturated heterocycles. The van der Waals surface area contributed by atoms with Gasteiger partial charge in [0.25, 0.3) is 0 Å². The number of nitrogens with one attached hydrogen (secondary N) is 3. The Kier molecular flexibility index (Phi) is 8.12. The number of carbonyl (C=O) groups is 1. The number of hydrogen-bond acceptors (Lipinski definition) is 4. The first kappa shape index (κ1) is 24.0. The van der Waals surface area contributed by atoms with E-state index in [9.17, 15) is 4.79 Å². The van der Waals surface area contributed by atoms with Gasteiger partial charge in [0.1, 0.15) is 5.60 Å². The van der Waals surface area contributed by atoms with E-state index in [1.54, 1.807) is 7.05 Å². The molecule has 0 spiro atoms. The minimum atomic E-state index is -0.527. The van der Waals surface area contributed by atoms with Crippen LogP contribution in [0.4, 0.5) is 4.79 Å². The molecule has 0 aliphatic carbocycles. The highest BCUT2D eigenvalue weighted by molar-refractivity contribution is 5.80. The molecule has 1 aromatic carbocycles. The Morgan fingerprint density at radius 2 is 1.73 bits per heavy atom. The molecule has 3 N–H and O–H groups in total. The molecule has 1 heterocycles. The Morgan fingerprint density at radius 1 is 1.10 bits per heavy atom. The largest absolute Gasteiger partial charge is 0.444 e. The minimum Gasteiger partial charge on any atom is -0.444 e. The third-order valence-corrected chi connectivity index (χ3v) is 5.19. The Bertz CT molecular complexity index is 705. The molecule has 7 nitrogen and oxygen atoms in total. The van der Waals surface area contributed by atoms with Crippen molar-refractivity contribution in [2.75, 3.05) is 33.4 Å². The zero-order chi connectivity index (χ0) is 22.3. The summed E-state index contributed by atoms with van der Waals surface area (Å²) in [5.41, 5.74) is 0.306. The lowest BCUT2D eigenvalue weighted by Crippen LogP contribution is -2.55. The Balaban J connectivity index is 1.94. The summed E-state index contributed by atoms with van der Waals surface area (Å²) in [5, 5.41) is 9.71. The van der Waals surface area contributed by atoms with Crippen molar-refractivity contribution in [2.45, 2.75) is 64.0 Å². The minimum absolute atomic E-state index is 0.0153. The standard InChI is InChI=1S/C23H38N4O3/c1-21(2,3)30-20(28)27-22(4,5)16-25-19(24-6)26-17-23(12-14-29-15-13-23)18-10-8-7-9-11-18/h7-11H,12-17H2,1-6H3,(H,27,28)(H2,24,25,26). The third-order valence-electron chi connectivity index (χ3n) is 5.19. The van der Waals surface area contributed by atoms with Crippen molar-refractivity contribution in [3.63, 3.8) is 0 Å². The predicted octanol–water partition coefficient (Wildman–Crippen LogP) is 3.20. The lowest BCUT2D eigenvalue weighted by molar-refractivity contribution is 0.0474. The van der Waals surface area contributed by atoms with Gasteiger partial charge >= 0.3 is 6.09 Å². The predicted molar refractivity (Wildman–Crippen MR) is 121 cm³/mol. The topological polar surface area (TPSA) is 84.0 Å². The number of aliphatic imine (C=N–C) groups is 1. The number of ether oxygens (including phenoxy) is 2. The maximum atomic E-state index is 12.1. The number of nitrogens with zero attached hydrogens (tertiary/aromatic N) is 1. The van der Waals surface area contributed by atoms with Crippen LogP contribution >= 0.6 is 0 Å². The van der Waals surface area contributed by atoms with Gasteiger partial charge in [-0.05, 0) is 53.0 Å². The molecular formula is C23H38N4O3. The van der Waals surface area contributed by atoms with E-state index in [0.29, 0.717) is 12.5 Å². The number of alkyl carbamates (subject to hydrolysis) is 1. The van der Waals surface area contributed by atoms with Crippen LogP contribution in [0.1, 0.15) is 53.0 Å². The third kappa shape index (κ3) is 7.52. The summed E-state index contributed by atoms with van der Waals surface area (Å²) in [6.45, 7) is 12.2. The van der Waals surface area contributed by atoms with Crippen molar-refractivity contribution < 1.29 is 14.3 Å². The second-order valence-electron chi connectivity index (χ2n) is 9.55. The van der Waals surface area contributed by atoms with Gasteiger partial charge in [-0.2, -0.15) is 0 Å². The van der Waals surface area contributed by atoms with Gasteiger partial charge in [0.2, 0.25) is 0 Å². The molecule has 1 aromatic rings. The second-order valence-corrected chi connectivity index (χ2v) is 9.55. The van der Waals surface area contributed by atoms with Crippen LogP contribution in [-0.4, -0.2) is 56.5 Å². The van der Waals surface area contributed by atoms with Crippen LogP contribution in [0.3, 0.4) is 0 Å². The molecule has 0 aromatic heterocycles. The zero-order valence-electron chi connectivity index (χ0n) is 19.3. The first-order chi connectivity index (χ1) is 14.1. The SMILES string of the molecule is CN=C(NCC(C)(C)NC(=O)OC(C)(C)C)NCC1(c2ccccc2)CCOCC1. The molecule has 0 atom stereocenters. The van der Waals surface area contributed by atoms with Gasteiger partial charge in [-0.15, -0.1) is 0 Å². The molecule has 2 rings (SSSR count). The summed E-state index contributed by atoms with van der Waals surface area (Å²) in [7, 11) is 1.75. The van der Waals surface area contributed by atoms with E-state index in [2.05, 4.69) is 45.2 Å². The molecule has 0 saturated carbocycles. The van der Waals surface area contributed by atoms with Crippen LogP contribution in [0.5, 0.6) is 0 Å². The maximum Gasteiger partial charge on any atom is 0.408 e. The Morgan fingerprint density at radius 3 is 2.30 bits per heavy atom. The molecular weight excluding hydrogens is 380 g/mol. The molecule has 1 amide bonds. The van der Waals surface area contributed by atoms with Gasteiger partial charge in [-0.1, -0.05) is 30.3 Å². The lowest BCUT2D eigenvalue weighted by atomic mass is 9.74. The molecule has 1 fully saturated rings. The number of rotatable bonds is 6. The number of benzene rings is 1. The van der Waals surface area contributed by atoms with Crippen LogP contribution < -0.4 is 16.0 Å². The van der Waals surface area contributed by atoms with E-state index in [1.807, 2.05) is 40.7 Å². The molecule has 7 heteroatoms. The van der Waals surface area contributed by atoms with Crippen LogP contribution in [0.2, 0.25) is 0 Å². The van der Waals surface area contributed by atoms with Crippen molar-refractivity contribution >= 4 is 12.1 Å². The van der Waals surface area contributed by atoms with Gasteiger partial charge in [0, 0.05) is 38.8 Å². The summed E-state index contributed by atoms with van der Waals surface area (Å²) in [5.74, 6) is 0.705. The van der Waals surface area contributed by atoms with Crippen molar-refractivity contribution in [3.05, 3.63) is 35.9 Å². The fraction of sp³-hybridized carbons (Fsp3) is 0.652. The van der Waals surface area contributed by atoms with Crippen LogP contribution in [-0.2, 0) is 14.9 Å². The van der Waals surface area contributed by atoms with E-state index < -0.39 is 17.2 Å². The zero-order valence-corrected chi connectivity index (χ0v) is 19.3. The average molecular weight is 419 g/mol. The summed E-state index contributed by atoms with van der Waals surface area (Å²) >= 11 is 0. The number of hydrogen-bond donors (Lipinski definition) is 3. The van der Waals surface area contributed by atoms with Crippen molar-refractivity contribution in [3.8, 4) is 0 Å². The maximum absolute atomic E-state index is 12.1. The fourth-order valence-corrected chi connectivity index (χ4v) is 3.52. The van der Waals surface area contributed by atoms with Gasteiger partial charge in [0.15, 0.2) is 5.96 Å². The average Bonchev–Trinajstić information content (AvgIpc) is 2.67. The van der Waals surface area contributed by atoms with Gasteiger partial charge < -0.3 is 25.4 Å². The molecule has 168 valence electrons. The molecule has 1 aliphatic rings. The Labute approximate surface area is 181 Å². The van der Waals surface area contributed by atoms with Crippen LogP contribution in [0.15, 0.2) is 35.3 Å².